The Morgan fingerprint density at radius 1 is 1.35 bits per heavy atom. The normalized spacial score (nSPS) is 10.8. The van der Waals surface area contributed by atoms with Gasteiger partial charge in [0.1, 0.15) is 0 Å². The Balaban J connectivity index is 2.00. The summed E-state index contributed by atoms with van der Waals surface area (Å²) in [6.07, 6.45) is 4.85. The lowest BCUT2D eigenvalue weighted by Gasteiger charge is -2.10. The fraction of sp³-hybridized carbons (Fsp3) is 0.467. The molecule has 0 fully saturated rings. The lowest BCUT2D eigenvalue weighted by atomic mass is 10.2. The van der Waals surface area contributed by atoms with E-state index in [0.717, 1.165) is 36.9 Å². The molecule has 1 N–H and O–H groups in total. The van der Waals surface area contributed by atoms with Gasteiger partial charge in [0.2, 0.25) is 5.95 Å². The van der Waals surface area contributed by atoms with Crippen molar-refractivity contribution in [2.24, 2.45) is 0 Å². The van der Waals surface area contributed by atoms with Crippen LogP contribution >= 0.6 is 0 Å². The molecule has 0 aromatic carbocycles. The van der Waals surface area contributed by atoms with Crippen molar-refractivity contribution < 1.29 is 4.74 Å². The van der Waals surface area contributed by atoms with Gasteiger partial charge in [0.05, 0.1) is 17.9 Å². The highest BCUT2D eigenvalue weighted by Crippen LogP contribution is 2.12. The number of hydrogen-bond acceptors (Lipinski definition) is 4. The molecular formula is C15H22N4O. The predicted molar refractivity (Wildman–Crippen MR) is 79.8 cm³/mol. The number of rotatable bonds is 7. The second-order valence-electron chi connectivity index (χ2n) is 4.87. The minimum atomic E-state index is 0.688. The first-order valence-electron chi connectivity index (χ1n) is 6.88. The summed E-state index contributed by atoms with van der Waals surface area (Å²) in [6, 6.07) is 4.02. The van der Waals surface area contributed by atoms with E-state index >= 15 is 0 Å². The van der Waals surface area contributed by atoms with Gasteiger partial charge in [-0.25, -0.2) is 4.98 Å². The van der Waals surface area contributed by atoms with Gasteiger partial charge in [-0.05, 0) is 31.9 Å². The molecule has 0 aliphatic rings. The highest BCUT2D eigenvalue weighted by molar-refractivity contribution is 5.31. The Morgan fingerprint density at radius 3 is 2.95 bits per heavy atom. The molecule has 0 radical (unpaired) electrons. The zero-order valence-electron chi connectivity index (χ0n) is 12.4. The Labute approximate surface area is 120 Å². The summed E-state index contributed by atoms with van der Waals surface area (Å²) in [4.78, 5) is 8.90. The smallest absolute Gasteiger partial charge is 0.203 e. The molecule has 0 unspecified atom stereocenters. The lowest BCUT2D eigenvalue weighted by molar-refractivity contribution is 0.190. The summed E-state index contributed by atoms with van der Waals surface area (Å²) in [5.41, 5.74) is 3.26. The van der Waals surface area contributed by atoms with Crippen LogP contribution in [0.3, 0.4) is 0 Å². The van der Waals surface area contributed by atoms with Gasteiger partial charge < -0.3 is 14.6 Å². The van der Waals surface area contributed by atoms with Crippen LogP contribution < -0.4 is 5.32 Å². The quantitative estimate of drug-likeness (QED) is 0.788. The average Bonchev–Trinajstić information content (AvgIpc) is 2.78. The largest absolute Gasteiger partial charge is 0.385 e. The Bertz CT molecular complexity index is 551. The van der Waals surface area contributed by atoms with Crippen LogP contribution in [0.25, 0.3) is 0 Å². The summed E-state index contributed by atoms with van der Waals surface area (Å²) in [5.74, 6) is 0.892. The molecule has 0 atom stereocenters. The van der Waals surface area contributed by atoms with E-state index in [1.54, 1.807) is 7.11 Å². The van der Waals surface area contributed by atoms with Gasteiger partial charge in [-0.1, -0.05) is 6.07 Å². The molecule has 0 saturated carbocycles. The SMILES string of the molecule is COCCCn1cc(C)nc1NCc1ncccc1C. The summed E-state index contributed by atoms with van der Waals surface area (Å²) in [5, 5.41) is 3.37. The molecule has 2 rings (SSSR count). The molecule has 0 amide bonds. The molecule has 2 heterocycles. The number of imidazole rings is 1. The maximum absolute atomic E-state index is 5.09. The van der Waals surface area contributed by atoms with E-state index in [4.69, 9.17) is 4.74 Å². The van der Waals surface area contributed by atoms with Gasteiger partial charge in [-0.3, -0.25) is 4.98 Å². The van der Waals surface area contributed by atoms with Crippen molar-refractivity contribution in [3.63, 3.8) is 0 Å². The molecule has 5 nitrogen and oxygen atoms in total. The second-order valence-corrected chi connectivity index (χ2v) is 4.87. The summed E-state index contributed by atoms with van der Waals surface area (Å²) in [6.45, 7) is 6.42. The van der Waals surface area contributed by atoms with E-state index in [2.05, 4.69) is 39.0 Å². The van der Waals surface area contributed by atoms with Gasteiger partial charge in [-0.2, -0.15) is 0 Å². The highest BCUT2D eigenvalue weighted by Gasteiger charge is 2.06. The van der Waals surface area contributed by atoms with Crippen LogP contribution in [0.15, 0.2) is 24.5 Å². The fourth-order valence-electron chi connectivity index (χ4n) is 2.10. The van der Waals surface area contributed by atoms with Crippen LogP contribution in [0, 0.1) is 13.8 Å². The van der Waals surface area contributed by atoms with Gasteiger partial charge in [0, 0.05) is 32.7 Å². The van der Waals surface area contributed by atoms with Crippen molar-refractivity contribution in [2.45, 2.75) is 33.4 Å². The maximum atomic E-state index is 5.09. The van der Waals surface area contributed by atoms with Gasteiger partial charge in [0.25, 0.3) is 0 Å². The molecule has 0 spiro atoms. The van der Waals surface area contributed by atoms with Crippen molar-refractivity contribution in [3.8, 4) is 0 Å². The van der Waals surface area contributed by atoms with Crippen molar-refractivity contribution in [1.82, 2.24) is 14.5 Å². The molecule has 0 bridgehead atoms. The lowest BCUT2D eigenvalue weighted by Crippen LogP contribution is -2.10. The molecular weight excluding hydrogens is 252 g/mol. The predicted octanol–water partition coefficient (Wildman–Crippen LogP) is 2.54. The number of nitrogens with zero attached hydrogens (tertiary/aromatic N) is 3. The van der Waals surface area contributed by atoms with E-state index in [1.165, 1.54) is 5.56 Å². The number of methoxy groups -OCH3 is 1. The van der Waals surface area contributed by atoms with E-state index in [0.29, 0.717) is 6.54 Å². The number of hydrogen-bond donors (Lipinski definition) is 1. The van der Waals surface area contributed by atoms with E-state index in [-0.39, 0.29) is 0 Å². The fourth-order valence-corrected chi connectivity index (χ4v) is 2.10. The van der Waals surface area contributed by atoms with Crippen LogP contribution in [0.2, 0.25) is 0 Å². The Kier molecular flexibility index (Phi) is 5.12. The van der Waals surface area contributed by atoms with Crippen molar-refractivity contribution in [3.05, 3.63) is 41.5 Å². The van der Waals surface area contributed by atoms with Gasteiger partial charge >= 0.3 is 0 Å². The van der Waals surface area contributed by atoms with Crippen LogP contribution in [0.4, 0.5) is 5.95 Å². The van der Waals surface area contributed by atoms with E-state index in [1.807, 2.05) is 19.2 Å². The third kappa shape index (κ3) is 3.81. The summed E-state index contributed by atoms with van der Waals surface area (Å²) >= 11 is 0. The monoisotopic (exact) mass is 274 g/mol. The standard InChI is InChI=1S/C15H22N4O/c1-12-6-4-7-16-14(12)10-17-15-18-13(2)11-19(15)8-5-9-20-3/h4,6-7,11H,5,8-10H2,1-3H3,(H,17,18). The first-order valence-corrected chi connectivity index (χ1v) is 6.88. The minimum absolute atomic E-state index is 0.688. The summed E-state index contributed by atoms with van der Waals surface area (Å²) in [7, 11) is 1.72. The molecule has 0 saturated heterocycles. The van der Waals surface area contributed by atoms with Crippen LogP contribution in [0.1, 0.15) is 23.4 Å². The number of aromatic nitrogens is 3. The van der Waals surface area contributed by atoms with Crippen LogP contribution in [0.5, 0.6) is 0 Å². The van der Waals surface area contributed by atoms with Crippen molar-refractivity contribution in [2.75, 3.05) is 19.0 Å². The highest BCUT2D eigenvalue weighted by atomic mass is 16.5. The number of ether oxygens (including phenoxy) is 1. The molecule has 0 aliphatic heterocycles. The molecule has 5 heteroatoms. The maximum Gasteiger partial charge on any atom is 0.203 e. The van der Waals surface area contributed by atoms with Gasteiger partial charge in [-0.15, -0.1) is 0 Å². The zero-order valence-corrected chi connectivity index (χ0v) is 12.4. The molecule has 2 aromatic heterocycles. The number of aryl methyl sites for hydroxylation is 3. The second kappa shape index (κ2) is 7.05. The van der Waals surface area contributed by atoms with Crippen LogP contribution in [-0.4, -0.2) is 28.3 Å². The molecule has 0 aliphatic carbocycles. The molecule has 2 aromatic rings. The van der Waals surface area contributed by atoms with Crippen LogP contribution in [-0.2, 0) is 17.8 Å². The number of nitrogens with one attached hydrogen (secondary N) is 1. The van der Waals surface area contributed by atoms with E-state index in [9.17, 15) is 0 Å². The molecule has 108 valence electrons. The number of pyridine rings is 1. The van der Waals surface area contributed by atoms with Crippen molar-refractivity contribution in [1.29, 1.82) is 0 Å². The summed E-state index contributed by atoms with van der Waals surface area (Å²) < 4.78 is 7.22. The van der Waals surface area contributed by atoms with Crippen molar-refractivity contribution >= 4 is 5.95 Å². The third-order valence-corrected chi connectivity index (χ3v) is 3.18. The van der Waals surface area contributed by atoms with Gasteiger partial charge in [0.15, 0.2) is 0 Å². The first kappa shape index (κ1) is 14.5. The van der Waals surface area contributed by atoms with E-state index < -0.39 is 0 Å². The minimum Gasteiger partial charge on any atom is -0.385 e. The molecule has 20 heavy (non-hydrogen) atoms. The Hall–Kier alpha value is -1.88. The Morgan fingerprint density at radius 2 is 2.20 bits per heavy atom. The average molecular weight is 274 g/mol. The first-order chi connectivity index (χ1) is 9.70. The topological polar surface area (TPSA) is 52.0 Å². The third-order valence-electron chi connectivity index (χ3n) is 3.18. The zero-order chi connectivity index (χ0) is 14.4. The number of anilines is 1.